The molecule has 7 heteroatoms. The first-order valence-corrected chi connectivity index (χ1v) is 13.3. The van der Waals surface area contributed by atoms with Crippen LogP contribution in [0, 0.1) is 0 Å². The molecule has 0 unspecified atom stereocenters. The Morgan fingerprint density at radius 2 is 1.11 bits per heavy atom. The molecule has 19 heavy (non-hydrogen) atoms. The zero-order valence-corrected chi connectivity index (χ0v) is 15.7. The number of nitrogens with zero attached hydrogens (tertiary/aromatic N) is 2. The fourth-order valence-corrected chi connectivity index (χ4v) is 12.1. The lowest BCUT2D eigenvalue weighted by Gasteiger charge is -2.38. The van der Waals surface area contributed by atoms with Crippen LogP contribution in [0.2, 0.25) is 26.2 Å². The fraction of sp³-hybridized carbons (Fsp3) is 1.00. The topological polar surface area (TPSA) is 67.8 Å². The summed E-state index contributed by atoms with van der Waals surface area (Å²) in [6, 6.07) is 0. The molecule has 0 amide bonds. The highest BCUT2D eigenvalue weighted by atomic mass is 28.4. The van der Waals surface area contributed by atoms with Gasteiger partial charge in [-0.3, -0.25) is 0 Å². The molecule has 0 saturated heterocycles. The molecule has 0 saturated carbocycles. The van der Waals surface area contributed by atoms with Crippen molar-refractivity contribution in [2.75, 3.05) is 52.6 Å². The molecule has 0 heterocycles. The largest absolute Gasteiger partial charge is 0.454 e. The minimum Gasteiger partial charge on any atom is -0.454 e. The Bertz CT molecular complexity index is 228. The average Bonchev–Trinajstić information content (AvgIpc) is 2.13. The number of hydrogen-bond donors (Lipinski definition) is 2. The van der Waals surface area contributed by atoms with Crippen LogP contribution < -0.4 is 11.5 Å². The van der Waals surface area contributed by atoms with Gasteiger partial charge in [0.1, 0.15) is 0 Å². The van der Waals surface area contributed by atoms with Crippen LogP contribution >= 0.6 is 0 Å². The first-order valence-electron chi connectivity index (χ1n) is 7.09. The van der Waals surface area contributed by atoms with E-state index in [0.29, 0.717) is 13.1 Å². The van der Waals surface area contributed by atoms with Crippen molar-refractivity contribution >= 4 is 16.6 Å². The number of rotatable bonds is 10. The predicted octanol–water partition coefficient (Wildman–Crippen LogP) is 0.273. The van der Waals surface area contributed by atoms with Crippen molar-refractivity contribution in [1.82, 2.24) is 9.80 Å². The van der Waals surface area contributed by atoms with E-state index in [1.165, 1.54) is 0 Å². The van der Waals surface area contributed by atoms with Crippen molar-refractivity contribution < 1.29 is 4.12 Å². The first-order chi connectivity index (χ1) is 8.62. The van der Waals surface area contributed by atoms with Crippen molar-refractivity contribution in [2.45, 2.75) is 26.2 Å². The number of hydrogen-bond acceptors (Lipinski definition) is 5. The van der Waals surface area contributed by atoms with Crippen molar-refractivity contribution in [3.05, 3.63) is 0 Å². The SMILES string of the molecule is CN(CCN)C[Si](C)(C)O[Si](C)(C)CN(C)CCN. The molecule has 0 radical (unpaired) electrons. The maximum absolute atomic E-state index is 6.57. The molecule has 0 aliphatic carbocycles. The quantitative estimate of drug-likeness (QED) is 0.567. The van der Waals surface area contributed by atoms with E-state index in [9.17, 15) is 0 Å². The zero-order chi connectivity index (χ0) is 15.1. The van der Waals surface area contributed by atoms with E-state index in [2.05, 4.69) is 50.1 Å². The lowest BCUT2D eigenvalue weighted by molar-refractivity contribution is 0.351. The van der Waals surface area contributed by atoms with Gasteiger partial charge in [-0.15, -0.1) is 0 Å². The summed E-state index contributed by atoms with van der Waals surface area (Å²) >= 11 is 0. The van der Waals surface area contributed by atoms with Crippen LogP contribution in [0.15, 0.2) is 0 Å². The van der Waals surface area contributed by atoms with Crippen molar-refractivity contribution in [1.29, 1.82) is 0 Å². The van der Waals surface area contributed by atoms with Crippen LogP contribution in [0.5, 0.6) is 0 Å². The Labute approximate surface area is 121 Å². The van der Waals surface area contributed by atoms with E-state index in [1.54, 1.807) is 0 Å². The van der Waals surface area contributed by atoms with E-state index in [-0.39, 0.29) is 0 Å². The molecule has 0 aromatic carbocycles. The Hall–Kier alpha value is 0.234. The van der Waals surface area contributed by atoms with Crippen LogP contribution in [-0.4, -0.2) is 79.0 Å². The molecule has 0 aliphatic rings. The molecule has 0 rings (SSSR count). The molecule has 0 spiro atoms. The Morgan fingerprint density at radius 1 is 0.789 bits per heavy atom. The Balaban J connectivity index is 4.36. The first kappa shape index (κ1) is 19.2. The van der Waals surface area contributed by atoms with E-state index >= 15 is 0 Å². The highest BCUT2D eigenvalue weighted by Gasteiger charge is 2.34. The van der Waals surface area contributed by atoms with E-state index in [1.807, 2.05) is 0 Å². The molecule has 0 fully saturated rings. The monoisotopic (exact) mass is 306 g/mol. The molecular weight excluding hydrogens is 272 g/mol. The van der Waals surface area contributed by atoms with E-state index in [4.69, 9.17) is 15.6 Å². The second-order valence-electron chi connectivity index (χ2n) is 6.67. The third-order valence-electron chi connectivity index (χ3n) is 2.88. The highest BCUT2D eigenvalue weighted by molar-refractivity contribution is 6.85. The maximum Gasteiger partial charge on any atom is 0.187 e. The van der Waals surface area contributed by atoms with Gasteiger partial charge in [-0.1, -0.05) is 0 Å². The molecule has 0 aliphatic heterocycles. The van der Waals surface area contributed by atoms with Gasteiger partial charge in [-0.2, -0.15) is 0 Å². The smallest absolute Gasteiger partial charge is 0.187 e. The Kier molecular flexibility index (Phi) is 8.61. The second-order valence-corrected chi connectivity index (χ2v) is 15.2. The normalized spacial score (nSPS) is 13.6. The van der Waals surface area contributed by atoms with Crippen LogP contribution in [0.1, 0.15) is 0 Å². The van der Waals surface area contributed by atoms with Crippen molar-refractivity contribution in [3.8, 4) is 0 Å². The summed E-state index contributed by atoms with van der Waals surface area (Å²) in [6.45, 7) is 12.5. The summed E-state index contributed by atoms with van der Waals surface area (Å²) in [7, 11) is 0.941. The summed E-state index contributed by atoms with van der Waals surface area (Å²) in [5.74, 6) is 0. The average molecular weight is 307 g/mol. The van der Waals surface area contributed by atoms with E-state index < -0.39 is 16.6 Å². The van der Waals surface area contributed by atoms with Gasteiger partial charge in [0, 0.05) is 38.5 Å². The second kappa shape index (κ2) is 8.50. The molecule has 5 nitrogen and oxygen atoms in total. The molecule has 0 bridgehead atoms. The van der Waals surface area contributed by atoms with Gasteiger partial charge in [0.15, 0.2) is 16.6 Å². The van der Waals surface area contributed by atoms with Crippen LogP contribution in [0.3, 0.4) is 0 Å². The van der Waals surface area contributed by atoms with Gasteiger partial charge >= 0.3 is 0 Å². The maximum atomic E-state index is 6.57. The third-order valence-corrected chi connectivity index (χ3v) is 9.90. The number of nitrogens with two attached hydrogens (primary N) is 2. The van der Waals surface area contributed by atoms with E-state index in [0.717, 1.165) is 25.4 Å². The summed E-state index contributed by atoms with van der Waals surface area (Å²) < 4.78 is 6.57. The van der Waals surface area contributed by atoms with Crippen LogP contribution in [0.4, 0.5) is 0 Å². The molecule has 0 aromatic rings. The molecular formula is C12H34N4OSi2. The summed E-state index contributed by atoms with van der Waals surface area (Å²) in [5.41, 5.74) is 11.2. The Morgan fingerprint density at radius 3 is 1.37 bits per heavy atom. The van der Waals surface area contributed by atoms with Crippen LogP contribution in [0.25, 0.3) is 0 Å². The lowest BCUT2D eigenvalue weighted by Crippen LogP contribution is -2.55. The van der Waals surface area contributed by atoms with Gasteiger partial charge in [0.05, 0.1) is 0 Å². The summed E-state index contributed by atoms with van der Waals surface area (Å²) in [4.78, 5) is 4.58. The van der Waals surface area contributed by atoms with Gasteiger partial charge in [-0.25, -0.2) is 0 Å². The van der Waals surface area contributed by atoms with Gasteiger partial charge in [0.2, 0.25) is 0 Å². The molecule has 0 atom stereocenters. The zero-order valence-electron chi connectivity index (χ0n) is 13.7. The minimum absolute atomic E-state index is 0.709. The highest BCUT2D eigenvalue weighted by Crippen LogP contribution is 2.16. The molecule has 116 valence electrons. The van der Waals surface area contributed by atoms with Gasteiger partial charge < -0.3 is 25.4 Å². The lowest BCUT2D eigenvalue weighted by atomic mass is 10.6. The van der Waals surface area contributed by atoms with Crippen LogP contribution in [-0.2, 0) is 4.12 Å². The molecule has 4 N–H and O–H groups in total. The van der Waals surface area contributed by atoms with Crippen molar-refractivity contribution in [3.63, 3.8) is 0 Å². The minimum atomic E-state index is -1.65. The predicted molar refractivity (Wildman–Crippen MR) is 89.2 cm³/mol. The van der Waals surface area contributed by atoms with Gasteiger partial charge in [0.25, 0.3) is 0 Å². The number of likely N-dealkylation sites (N-methyl/N-ethyl adjacent to an activating group) is 2. The molecule has 0 aromatic heterocycles. The summed E-state index contributed by atoms with van der Waals surface area (Å²) in [6.07, 6.45) is 2.09. The van der Waals surface area contributed by atoms with Gasteiger partial charge in [-0.05, 0) is 40.3 Å². The standard InChI is InChI=1S/C12H34N4OSi2/c1-15(9-7-13)11-18(3,4)17-19(5,6)12-16(2)10-8-14/h7-14H2,1-6H3. The van der Waals surface area contributed by atoms with Crippen molar-refractivity contribution in [2.24, 2.45) is 11.5 Å². The fourth-order valence-electron chi connectivity index (χ4n) is 2.71. The summed E-state index contributed by atoms with van der Waals surface area (Å²) in [5, 5.41) is 0. The third kappa shape index (κ3) is 9.72.